The van der Waals surface area contributed by atoms with Gasteiger partial charge in [-0.15, -0.1) is 0 Å². The van der Waals surface area contributed by atoms with Gasteiger partial charge in [-0.25, -0.2) is 0 Å². The molecule has 0 aliphatic carbocycles. The molecule has 2 aromatic carbocycles. The van der Waals surface area contributed by atoms with Crippen LogP contribution >= 0.6 is 0 Å². The van der Waals surface area contributed by atoms with E-state index in [-0.39, 0.29) is 11.5 Å². The van der Waals surface area contributed by atoms with Crippen LogP contribution in [0.25, 0.3) is 12.2 Å². The zero-order valence-corrected chi connectivity index (χ0v) is 15.4. The highest BCUT2D eigenvalue weighted by Crippen LogP contribution is 2.32. The van der Waals surface area contributed by atoms with Crippen molar-refractivity contribution < 1.29 is 19.7 Å². The first-order valence-corrected chi connectivity index (χ1v) is 7.97. The Morgan fingerprint density at radius 2 is 1.48 bits per heavy atom. The van der Waals surface area contributed by atoms with Crippen LogP contribution in [-0.2, 0) is 0 Å². The summed E-state index contributed by atoms with van der Waals surface area (Å²) in [6.45, 7) is 5.83. The quantitative estimate of drug-likeness (QED) is 0.804. The normalized spacial score (nSPS) is 10.6. The van der Waals surface area contributed by atoms with E-state index < -0.39 is 0 Å². The van der Waals surface area contributed by atoms with Gasteiger partial charge >= 0.3 is 0 Å². The second-order valence-corrected chi connectivity index (χ2v) is 5.26. The lowest BCUT2D eigenvalue weighted by Gasteiger charge is -2.09. The molecule has 25 heavy (non-hydrogen) atoms. The van der Waals surface area contributed by atoms with E-state index in [1.807, 2.05) is 57.2 Å². The smallest absolute Gasteiger partial charge is 0.163 e. The molecule has 4 heteroatoms. The summed E-state index contributed by atoms with van der Waals surface area (Å²) in [5.74, 6) is 1.42. The first kappa shape index (κ1) is 20.2. The molecule has 4 nitrogen and oxygen atoms in total. The fraction of sp³-hybridized carbons (Fsp3) is 0.238. The van der Waals surface area contributed by atoms with Gasteiger partial charge in [0.2, 0.25) is 0 Å². The van der Waals surface area contributed by atoms with Crippen LogP contribution in [0.2, 0.25) is 0 Å². The van der Waals surface area contributed by atoms with Crippen LogP contribution in [0.4, 0.5) is 0 Å². The molecule has 2 N–H and O–H groups in total. The Morgan fingerprint density at radius 3 is 2.04 bits per heavy atom. The summed E-state index contributed by atoms with van der Waals surface area (Å²) >= 11 is 0. The SMILES string of the molecule is CC=Cc1ccc(O)c(OC)c1.CC=Cc1ccc(O)c(OC)c1C. The van der Waals surface area contributed by atoms with Gasteiger partial charge in [0.1, 0.15) is 0 Å². The highest BCUT2D eigenvalue weighted by Gasteiger charge is 2.07. The number of hydrogen-bond donors (Lipinski definition) is 2. The third-order valence-electron chi connectivity index (χ3n) is 3.54. The van der Waals surface area contributed by atoms with Crippen molar-refractivity contribution in [3.8, 4) is 23.0 Å². The van der Waals surface area contributed by atoms with Crippen molar-refractivity contribution in [3.63, 3.8) is 0 Å². The monoisotopic (exact) mass is 342 g/mol. The number of methoxy groups -OCH3 is 2. The minimum atomic E-state index is 0.172. The van der Waals surface area contributed by atoms with Crippen molar-refractivity contribution in [1.29, 1.82) is 0 Å². The molecule has 0 bridgehead atoms. The van der Waals surface area contributed by atoms with Gasteiger partial charge in [0.05, 0.1) is 14.2 Å². The van der Waals surface area contributed by atoms with Crippen LogP contribution in [0.1, 0.15) is 30.5 Å². The molecular weight excluding hydrogens is 316 g/mol. The second kappa shape index (κ2) is 10.1. The lowest BCUT2D eigenvalue weighted by molar-refractivity contribution is 0.371. The number of phenolic OH excluding ortho intramolecular Hbond substituents is 2. The summed E-state index contributed by atoms with van der Waals surface area (Å²) in [6, 6.07) is 8.75. The van der Waals surface area contributed by atoms with Crippen LogP contribution in [0.3, 0.4) is 0 Å². The number of aromatic hydroxyl groups is 2. The molecule has 134 valence electrons. The van der Waals surface area contributed by atoms with E-state index in [0.717, 1.165) is 16.7 Å². The first-order chi connectivity index (χ1) is 12.0. The van der Waals surface area contributed by atoms with Crippen molar-refractivity contribution in [2.75, 3.05) is 14.2 Å². The predicted octanol–water partition coefficient (Wildman–Crippen LogP) is 5.18. The highest BCUT2D eigenvalue weighted by atomic mass is 16.5. The van der Waals surface area contributed by atoms with Crippen molar-refractivity contribution in [2.24, 2.45) is 0 Å². The van der Waals surface area contributed by atoms with Crippen LogP contribution in [0.15, 0.2) is 42.5 Å². The molecule has 0 aliphatic rings. The van der Waals surface area contributed by atoms with Gasteiger partial charge in [-0.1, -0.05) is 36.4 Å². The maximum atomic E-state index is 9.43. The molecule has 0 fully saturated rings. The standard InChI is InChI=1S/C11H14O2.C10H12O2/c1-4-5-9-6-7-10(12)11(13-3)8(9)2;1-3-4-8-5-6-9(11)10(7-8)12-2/h4-7,12H,1-3H3;3-7,11H,1-2H3. The minimum absolute atomic E-state index is 0.172. The summed E-state index contributed by atoms with van der Waals surface area (Å²) in [5.41, 5.74) is 3.05. The van der Waals surface area contributed by atoms with Crippen molar-refractivity contribution in [1.82, 2.24) is 0 Å². The summed E-state index contributed by atoms with van der Waals surface area (Å²) in [6.07, 6.45) is 7.82. The molecule has 0 spiro atoms. The molecule has 0 heterocycles. The summed E-state index contributed by atoms with van der Waals surface area (Å²) in [7, 11) is 3.09. The molecule has 0 unspecified atom stereocenters. The van der Waals surface area contributed by atoms with E-state index in [9.17, 15) is 10.2 Å². The van der Waals surface area contributed by atoms with Crippen molar-refractivity contribution in [3.05, 3.63) is 59.2 Å². The highest BCUT2D eigenvalue weighted by molar-refractivity contribution is 5.61. The average molecular weight is 342 g/mol. The number of hydrogen-bond acceptors (Lipinski definition) is 4. The van der Waals surface area contributed by atoms with Gasteiger partial charge < -0.3 is 19.7 Å². The fourth-order valence-electron chi connectivity index (χ4n) is 2.30. The summed E-state index contributed by atoms with van der Waals surface area (Å²) in [4.78, 5) is 0. The molecule has 0 aliphatic heterocycles. The van der Waals surface area contributed by atoms with Gasteiger partial charge in [0, 0.05) is 5.56 Å². The van der Waals surface area contributed by atoms with E-state index in [4.69, 9.17) is 9.47 Å². The van der Waals surface area contributed by atoms with Crippen LogP contribution in [0, 0.1) is 6.92 Å². The Balaban J connectivity index is 0.000000251. The first-order valence-electron chi connectivity index (χ1n) is 7.97. The number of ether oxygens (including phenoxy) is 2. The van der Waals surface area contributed by atoms with Crippen molar-refractivity contribution in [2.45, 2.75) is 20.8 Å². The Hall–Kier alpha value is -2.88. The lowest BCUT2D eigenvalue weighted by Crippen LogP contribution is -1.90. The summed E-state index contributed by atoms with van der Waals surface area (Å²) in [5, 5.41) is 18.7. The Labute approximate surface area is 149 Å². The molecule has 0 atom stereocenters. The van der Waals surface area contributed by atoms with Gasteiger partial charge in [-0.3, -0.25) is 0 Å². The van der Waals surface area contributed by atoms with E-state index in [1.165, 1.54) is 7.11 Å². The van der Waals surface area contributed by atoms with E-state index >= 15 is 0 Å². The number of allylic oxidation sites excluding steroid dienone is 2. The predicted molar refractivity (Wildman–Crippen MR) is 103 cm³/mol. The Bertz CT molecular complexity index is 746. The summed E-state index contributed by atoms with van der Waals surface area (Å²) < 4.78 is 10.0. The fourth-order valence-corrected chi connectivity index (χ4v) is 2.30. The molecule has 0 amide bonds. The molecule has 0 aromatic heterocycles. The van der Waals surface area contributed by atoms with Gasteiger partial charge in [-0.2, -0.15) is 0 Å². The molecular formula is C21H26O4. The molecule has 0 saturated heterocycles. The van der Waals surface area contributed by atoms with Crippen LogP contribution in [-0.4, -0.2) is 24.4 Å². The van der Waals surface area contributed by atoms with Gasteiger partial charge in [-0.05, 0) is 50.1 Å². The average Bonchev–Trinajstić information content (AvgIpc) is 2.60. The van der Waals surface area contributed by atoms with Crippen LogP contribution < -0.4 is 9.47 Å². The topological polar surface area (TPSA) is 58.9 Å². The second-order valence-electron chi connectivity index (χ2n) is 5.26. The third kappa shape index (κ3) is 5.60. The van der Waals surface area contributed by atoms with E-state index in [2.05, 4.69) is 0 Å². The van der Waals surface area contributed by atoms with E-state index in [1.54, 1.807) is 25.3 Å². The molecule has 2 aromatic rings. The maximum Gasteiger partial charge on any atom is 0.163 e. The molecule has 0 radical (unpaired) electrons. The maximum absolute atomic E-state index is 9.43. The third-order valence-corrected chi connectivity index (χ3v) is 3.54. The zero-order valence-electron chi connectivity index (χ0n) is 15.4. The largest absolute Gasteiger partial charge is 0.504 e. The number of phenols is 2. The van der Waals surface area contributed by atoms with Gasteiger partial charge in [0.15, 0.2) is 23.0 Å². The lowest BCUT2D eigenvalue weighted by atomic mass is 10.1. The zero-order chi connectivity index (χ0) is 18.8. The van der Waals surface area contributed by atoms with Crippen LogP contribution in [0.5, 0.6) is 23.0 Å². The Kier molecular flexibility index (Phi) is 8.13. The molecule has 0 saturated carbocycles. The number of rotatable bonds is 4. The number of benzene rings is 2. The van der Waals surface area contributed by atoms with Crippen molar-refractivity contribution >= 4 is 12.2 Å². The molecule has 2 rings (SSSR count). The van der Waals surface area contributed by atoms with Gasteiger partial charge in [0.25, 0.3) is 0 Å². The Morgan fingerprint density at radius 1 is 0.840 bits per heavy atom. The van der Waals surface area contributed by atoms with E-state index in [0.29, 0.717) is 11.5 Å². The minimum Gasteiger partial charge on any atom is -0.504 e.